The van der Waals surface area contributed by atoms with Crippen LogP contribution in [0.15, 0.2) is 28.7 Å². The van der Waals surface area contributed by atoms with E-state index in [0.717, 1.165) is 0 Å². The van der Waals surface area contributed by atoms with Crippen molar-refractivity contribution in [1.29, 1.82) is 0 Å². The highest BCUT2D eigenvalue weighted by Crippen LogP contribution is 2.25. The van der Waals surface area contributed by atoms with E-state index >= 15 is 0 Å². The Morgan fingerprint density at radius 3 is 2.81 bits per heavy atom. The number of nitrogens with two attached hydrogens (primary N) is 1. The molecule has 0 spiro atoms. The number of halogens is 1. The van der Waals surface area contributed by atoms with Gasteiger partial charge in [-0.3, -0.25) is 0 Å². The van der Waals surface area contributed by atoms with Crippen LogP contribution in [-0.2, 0) is 4.74 Å². The van der Waals surface area contributed by atoms with Gasteiger partial charge in [-0.1, -0.05) is 0 Å². The zero-order valence-corrected chi connectivity index (χ0v) is 9.24. The summed E-state index contributed by atoms with van der Waals surface area (Å²) in [6.07, 6.45) is -0.148. The van der Waals surface area contributed by atoms with Crippen LogP contribution in [0.4, 0.5) is 4.39 Å². The van der Waals surface area contributed by atoms with Gasteiger partial charge >= 0.3 is 0 Å². The van der Waals surface area contributed by atoms with Crippen LogP contribution in [0.3, 0.4) is 0 Å². The van der Waals surface area contributed by atoms with E-state index in [-0.39, 0.29) is 18.0 Å². The molecule has 3 nitrogen and oxygen atoms in total. The molecule has 0 saturated carbocycles. The van der Waals surface area contributed by atoms with Gasteiger partial charge in [0.2, 0.25) is 0 Å². The summed E-state index contributed by atoms with van der Waals surface area (Å²) in [5.41, 5.74) is 6.57. The molecule has 2 unspecified atom stereocenters. The third kappa shape index (κ3) is 1.94. The van der Waals surface area contributed by atoms with Gasteiger partial charge in [0, 0.05) is 12.5 Å². The van der Waals surface area contributed by atoms with Crippen molar-refractivity contribution in [1.82, 2.24) is 0 Å². The first-order valence-corrected chi connectivity index (χ1v) is 5.09. The van der Waals surface area contributed by atoms with Crippen molar-refractivity contribution < 1.29 is 13.5 Å². The lowest BCUT2D eigenvalue weighted by Gasteiger charge is -2.15. The van der Waals surface area contributed by atoms with E-state index in [4.69, 9.17) is 14.9 Å². The third-order valence-electron chi connectivity index (χ3n) is 2.70. The van der Waals surface area contributed by atoms with Crippen LogP contribution in [0, 0.1) is 5.82 Å². The lowest BCUT2D eigenvalue weighted by Crippen LogP contribution is -2.24. The predicted octanol–water partition coefficient (Wildman–Crippen LogP) is 2.61. The molecule has 2 rings (SSSR count). The SMILES string of the molecule is COC(C)C(N)c1cc2cc(F)ccc2o1. The highest BCUT2D eigenvalue weighted by Gasteiger charge is 2.18. The van der Waals surface area contributed by atoms with E-state index in [2.05, 4.69) is 0 Å². The second-order valence-electron chi connectivity index (χ2n) is 3.80. The Balaban J connectivity index is 2.39. The van der Waals surface area contributed by atoms with Crippen LogP contribution in [0.25, 0.3) is 11.0 Å². The number of rotatable bonds is 3. The first-order valence-electron chi connectivity index (χ1n) is 5.09. The molecular formula is C12H14FNO2. The molecule has 86 valence electrons. The van der Waals surface area contributed by atoms with Gasteiger partial charge in [-0.05, 0) is 31.2 Å². The number of fused-ring (bicyclic) bond motifs is 1. The van der Waals surface area contributed by atoms with Gasteiger partial charge in [0.1, 0.15) is 17.2 Å². The minimum Gasteiger partial charge on any atom is -0.459 e. The molecule has 0 aliphatic heterocycles. The van der Waals surface area contributed by atoms with E-state index < -0.39 is 0 Å². The Hall–Kier alpha value is -1.39. The molecule has 2 aromatic rings. The number of benzene rings is 1. The number of methoxy groups -OCH3 is 1. The molecule has 2 N–H and O–H groups in total. The van der Waals surface area contributed by atoms with Crippen molar-refractivity contribution in [3.63, 3.8) is 0 Å². The molecule has 2 atom stereocenters. The topological polar surface area (TPSA) is 48.4 Å². The Morgan fingerprint density at radius 1 is 1.38 bits per heavy atom. The lowest BCUT2D eigenvalue weighted by atomic mass is 10.1. The Labute approximate surface area is 93.0 Å². The molecule has 0 fully saturated rings. The first kappa shape index (κ1) is 11.1. The fourth-order valence-electron chi connectivity index (χ4n) is 1.58. The number of furan rings is 1. The molecule has 1 heterocycles. The van der Waals surface area contributed by atoms with E-state index in [1.54, 1.807) is 19.2 Å². The fourth-order valence-corrected chi connectivity index (χ4v) is 1.58. The third-order valence-corrected chi connectivity index (χ3v) is 2.70. The molecule has 1 aromatic heterocycles. The smallest absolute Gasteiger partial charge is 0.134 e. The van der Waals surface area contributed by atoms with Crippen molar-refractivity contribution in [3.8, 4) is 0 Å². The normalized spacial score (nSPS) is 15.2. The largest absolute Gasteiger partial charge is 0.459 e. The minimum atomic E-state index is -0.347. The maximum absolute atomic E-state index is 13.0. The van der Waals surface area contributed by atoms with Gasteiger partial charge in [-0.2, -0.15) is 0 Å². The molecular weight excluding hydrogens is 209 g/mol. The second-order valence-corrected chi connectivity index (χ2v) is 3.80. The molecule has 0 amide bonds. The molecule has 0 radical (unpaired) electrons. The summed E-state index contributed by atoms with van der Waals surface area (Å²) in [6.45, 7) is 1.86. The monoisotopic (exact) mass is 223 g/mol. The summed E-state index contributed by atoms with van der Waals surface area (Å²) in [5, 5.41) is 0.716. The van der Waals surface area contributed by atoms with Crippen LogP contribution >= 0.6 is 0 Å². The summed E-state index contributed by atoms with van der Waals surface area (Å²) < 4.78 is 23.6. The molecule has 0 saturated heterocycles. The standard InChI is InChI=1S/C12H14FNO2/c1-7(15-2)12(14)11-6-8-5-9(13)3-4-10(8)16-11/h3-7,12H,14H2,1-2H3. The summed E-state index contributed by atoms with van der Waals surface area (Å²) in [4.78, 5) is 0. The number of ether oxygens (including phenoxy) is 1. The number of hydrogen-bond donors (Lipinski definition) is 1. The maximum Gasteiger partial charge on any atom is 0.134 e. The summed E-state index contributed by atoms with van der Waals surface area (Å²) in [6, 6.07) is 5.78. The Kier molecular flexibility index (Phi) is 2.94. The van der Waals surface area contributed by atoms with E-state index in [9.17, 15) is 4.39 Å². The lowest BCUT2D eigenvalue weighted by molar-refractivity contribution is 0.0895. The minimum absolute atomic E-state index is 0.148. The zero-order chi connectivity index (χ0) is 11.7. The van der Waals surface area contributed by atoms with Gasteiger partial charge in [0.15, 0.2) is 0 Å². The number of hydrogen-bond acceptors (Lipinski definition) is 3. The van der Waals surface area contributed by atoms with Gasteiger partial charge < -0.3 is 14.9 Å². The highest BCUT2D eigenvalue weighted by molar-refractivity contribution is 5.78. The van der Waals surface area contributed by atoms with Crippen LogP contribution in [0.2, 0.25) is 0 Å². The molecule has 16 heavy (non-hydrogen) atoms. The van der Waals surface area contributed by atoms with Crippen LogP contribution in [0.5, 0.6) is 0 Å². The van der Waals surface area contributed by atoms with Gasteiger partial charge in [0.05, 0.1) is 12.1 Å². The summed E-state index contributed by atoms with van der Waals surface area (Å²) >= 11 is 0. The molecule has 4 heteroatoms. The van der Waals surface area contributed by atoms with Crippen molar-refractivity contribution >= 4 is 11.0 Å². The van der Waals surface area contributed by atoms with Crippen molar-refractivity contribution in [2.24, 2.45) is 5.73 Å². The van der Waals surface area contributed by atoms with E-state index in [1.165, 1.54) is 12.1 Å². The van der Waals surface area contributed by atoms with Gasteiger partial charge in [-0.25, -0.2) is 4.39 Å². The second kappa shape index (κ2) is 4.23. The van der Waals surface area contributed by atoms with Crippen LogP contribution < -0.4 is 5.73 Å². The Bertz CT molecular complexity index is 495. The predicted molar refractivity (Wildman–Crippen MR) is 59.6 cm³/mol. The van der Waals surface area contributed by atoms with Crippen LogP contribution in [-0.4, -0.2) is 13.2 Å². The Morgan fingerprint density at radius 2 is 2.12 bits per heavy atom. The summed E-state index contributed by atoms with van der Waals surface area (Å²) in [7, 11) is 1.59. The van der Waals surface area contributed by atoms with Crippen LogP contribution in [0.1, 0.15) is 18.7 Å². The fraction of sp³-hybridized carbons (Fsp3) is 0.333. The average Bonchev–Trinajstić information content (AvgIpc) is 2.69. The molecule has 1 aromatic carbocycles. The van der Waals surface area contributed by atoms with Crippen molar-refractivity contribution in [2.45, 2.75) is 19.1 Å². The van der Waals surface area contributed by atoms with Gasteiger partial charge in [-0.15, -0.1) is 0 Å². The first-order chi connectivity index (χ1) is 7.61. The van der Waals surface area contributed by atoms with E-state index in [1.807, 2.05) is 6.92 Å². The quantitative estimate of drug-likeness (QED) is 0.870. The molecule has 0 bridgehead atoms. The zero-order valence-electron chi connectivity index (χ0n) is 9.24. The highest BCUT2D eigenvalue weighted by atomic mass is 19.1. The molecule has 0 aliphatic rings. The molecule has 0 aliphatic carbocycles. The average molecular weight is 223 g/mol. The van der Waals surface area contributed by atoms with Crippen molar-refractivity contribution in [2.75, 3.05) is 7.11 Å². The van der Waals surface area contributed by atoms with E-state index in [0.29, 0.717) is 16.7 Å². The van der Waals surface area contributed by atoms with Crippen molar-refractivity contribution in [3.05, 3.63) is 35.8 Å². The van der Waals surface area contributed by atoms with Gasteiger partial charge in [0.25, 0.3) is 0 Å². The summed E-state index contributed by atoms with van der Waals surface area (Å²) in [5.74, 6) is 0.322. The maximum atomic E-state index is 13.0.